The minimum absolute atomic E-state index is 0.442. The van der Waals surface area contributed by atoms with Crippen molar-refractivity contribution in [3.05, 3.63) is 65.8 Å². The third kappa shape index (κ3) is 2.64. The summed E-state index contributed by atoms with van der Waals surface area (Å²) in [6.45, 7) is 0. The number of allylic oxidation sites excluding steroid dienone is 5. The molecule has 2 rings (SSSR count). The molecule has 2 nitrogen and oxygen atoms in total. The van der Waals surface area contributed by atoms with Crippen LogP contribution in [0.2, 0.25) is 0 Å². The molecule has 0 aliphatic heterocycles. The Labute approximate surface area is 107 Å². The van der Waals surface area contributed by atoms with E-state index in [1.165, 1.54) is 0 Å². The van der Waals surface area contributed by atoms with Gasteiger partial charge in [-0.1, -0.05) is 60.7 Å². The molecule has 1 aliphatic carbocycles. The number of nitriles is 1. The van der Waals surface area contributed by atoms with Crippen LogP contribution in [0.25, 0.3) is 6.08 Å². The van der Waals surface area contributed by atoms with E-state index < -0.39 is 5.41 Å². The summed E-state index contributed by atoms with van der Waals surface area (Å²) >= 11 is 0. The molecule has 0 spiro atoms. The van der Waals surface area contributed by atoms with Crippen LogP contribution in [0.4, 0.5) is 0 Å². The summed E-state index contributed by atoms with van der Waals surface area (Å²) in [5.74, 6) is 0. The molecular weight excluding hydrogens is 222 g/mol. The minimum atomic E-state index is -0.968. The molecule has 0 bridgehead atoms. The summed E-state index contributed by atoms with van der Waals surface area (Å²) in [4.78, 5) is 10.9. The van der Waals surface area contributed by atoms with E-state index in [1.54, 1.807) is 6.08 Å². The monoisotopic (exact) mass is 235 g/mol. The molecule has 0 aromatic heterocycles. The van der Waals surface area contributed by atoms with Crippen molar-refractivity contribution in [3.63, 3.8) is 0 Å². The minimum Gasteiger partial charge on any atom is -0.301 e. The molecule has 88 valence electrons. The lowest BCUT2D eigenvalue weighted by atomic mass is 9.83. The zero-order chi connectivity index (χ0) is 12.8. The maximum absolute atomic E-state index is 10.9. The van der Waals surface area contributed by atoms with Crippen LogP contribution in [0.15, 0.2) is 60.2 Å². The predicted octanol–water partition coefficient (Wildman–Crippen LogP) is 3.29. The first-order valence-corrected chi connectivity index (χ1v) is 5.78. The molecule has 1 aromatic rings. The van der Waals surface area contributed by atoms with Gasteiger partial charge in [-0.15, -0.1) is 0 Å². The van der Waals surface area contributed by atoms with E-state index in [2.05, 4.69) is 0 Å². The molecule has 0 radical (unpaired) electrons. The Morgan fingerprint density at radius 1 is 1.22 bits per heavy atom. The van der Waals surface area contributed by atoms with Gasteiger partial charge in [0.25, 0.3) is 0 Å². The van der Waals surface area contributed by atoms with Gasteiger partial charge in [-0.3, -0.25) is 0 Å². The van der Waals surface area contributed by atoms with Crippen LogP contribution in [0, 0.1) is 16.7 Å². The maximum atomic E-state index is 10.9. The smallest absolute Gasteiger partial charge is 0.144 e. The van der Waals surface area contributed by atoms with E-state index >= 15 is 0 Å². The summed E-state index contributed by atoms with van der Waals surface area (Å²) < 4.78 is 0. The second-order valence-corrected chi connectivity index (χ2v) is 4.26. The summed E-state index contributed by atoms with van der Waals surface area (Å²) in [6, 6.07) is 12.0. The van der Waals surface area contributed by atoms with Gasteiger partial charge in [-0.25, -0.2) is 0 Å². The van der Waals surface area contributed by atoms with E-state index in [4.69, 9.17) is 5.26 Å². The van der Waals surface area contributed by atoms with Crippen molar-refractivity contribution in [2.75, 3.05) is 0 Å². The molecule has 0 saturated heterocycles. The maximum Gasteiger partial charge on any atom is 0.144 e. The van der Waals surface area contributed by atoms with Crippen LogP contribution in [0.1, 0.15) is 12.0 Å². The largest absolute Gasteiger partial charge is 0.301 e. The Morgan fingerprint density at radius 2 is 2.00 bits per heavy atom. The SMILES string of the molecule is N#CC1(C=O)C=CC(C=Cc2ccccc2)=CC1. The Hall–Kier alpha value is -2.40. The highest BCUT2D eigenvalue weighted by molar-refractivity contribution is 5.70. The number of carbonyl (C=O) groups excluding carboxylic acids is 1. The first kappa shape index (κ1) is 12.1. The first-order valence-electron chi connectivity index (χ1n) is 5.78. The highest BCUT2D eigenvalue weighted by atomic mass is 16.1. The summed E-state index contributed by atoms with van der Waals surface area (Å²) in [5, 5.41) is 8.96. The average Bonchev–Trinajstić information content (AvgIpc) is 2.47. The Bertz CT molecular complexity index is 561. The van der Waals surface area contributed by atoms with E-state index in [0.717, 1.165) is 11.1 Å². The lowest BCUT2D eigenvalue weighted by Crippen LogP contribution is -2.18. The predicted molar refractivity (Wildman–Crippen MR) is 71.4 cm³/mol. The number of hydrogen-bond acceptors (Lipinski definition) is 2. The van der Waals surface area contributed by atoms with Gasteiger partial charge >= 0.3 is 0 Å². The number of aldehydes is 1. The van der Waals surface area contributed by atoms with Gasteiger partial charge in [0, 0.05) is 0 Å². The fraction of sp³-hybridized carbons (Fsp3) is 0.125. The van der Waals surface area contributed by atoms with Crippen LogP contribution < -0.4 is 0 Å². The molecule has 1 unspecified atom stereocenters. The van der Waals surface area contributed by atoms with Gasteiger partial charge < -0.3 is 4.79 Å². The number of nitrogens with zero attached hydrogens (tertiary/aromatic N) is 1. The van der Waals surface area contributed by atoms with Crippen molar-refractivity contribution in [2.45, 2.75) is 6.42 Å². The molecule has 0 fully saturated rings. The van der Waals surface area contributed by atoms with Gasteiger partial charge in [-0.2, -0.15) is 5.26 Å². The molecule has 0 amide bonds. The molecule has 1 aromatic carbocycles. The fourth-order valence-electron chi connectivity index (χ4n) is 1.74. The standard InChI is InChI=1S/C16H13NO/c17-12-16(13-18)10-8-15(9-11-16)7-6-14-4-2-1-3-5-14/h1-10,13H,11H2. The van der Waals surface area contributed by atoms with Crippen molar-refractivity contribution < 1.29 is 4.79 Å². The van der Waals surface area contributed by atoms with Gasteiger partial charge in [0.05, 0.1) is 6.07 Å². The third-order valence-corrected chi connectivity index (χ3v) is 2.93. The van der Waals surface area contributed by atoms with Crippen LogP contribution in [-0.4, -0.2) is 6.29 Å². The highest BCUT2D eigenvalue weighted by Crippen LogP contribution is 2.27. The molecule has 0 saturated carbocycles. The third-order valence-electron chi connectivity index (χ3n) is 2.93. The van der Waals surface area contributed by atoms with Crippen molar-refractivity contribution in [3.8, 4) is 6.07 Å². The second kappa shape index (κ2) is 5.29. The molecule has 18 heavy (non-hydrogen) atoms. The van der Waals surface area contributed by atoms with Crippen molar-refractivity contribution in [2.24, 2.45) is 5.41 Å². The van der Waals surface area contributed by atoms with Gasteiger partial charge in [-0.05, 0) is 17.6 Å². The second-order valence-electron chi connectivity index (χ2n) is 4.26. The summed E-state index contributed by atoms with van der Waals surface area (Å²) in [5.41, 5.74) is 1.18. The molecule has 0 heterocycles. The zero-order valence-corrected chi connectivity index (χ0v) is 9.91. The van der Waals surface area contributed by atoms with Crippen LogP contribution >= 0.6 is 0 Å². The number of benzene rings is 1. The van der Waals surface area contributed by atoms with Gasteiger partial charge in [0.2, 0.25) is 0 Å². The highest BCUT2D eigenvalue weighted by Gasteiger charge is 2.26. The summed E-state index contributed by atoms with van der Waals surface area (Å²) in [7, 11) is 0. The van der Waals surface area contributed by atoms with E-state index in [-0.39, 0.29) is 0 Å². The molecule has 2 heteroatoms. The lowest BCUT2D eigenvalue weighted by molar-refractivity contribution is -0.112. The van der Waals surface area contributed by atoms with Crippen molar-refractivity contribution in [1.29, 1.82) is 5.26 Å². The Morgan fingerprint density at radius 3 is 2.56 bits per heavy atom. The quantitative estimate of drug-likeness (QED) is 0.754. The number of hydrogen-bond donors (Lipinski definition) is 0. The normalized spacial score (nSPS) is 22.5. The Kier molecular flexibility index (Phi) is 3.54. The van der Waals surface area contributed by atoms with E-state index in [1.807, 2.05) is 60.7 Å². The first-order chi connectivity index (χ1) is 8.78. The number of rotatable bonds is 3. The van der Waals surface area contributed by atoms with E-state index in [9.17, 15) is 4.79 Å². The average molecular weight is 235 g/mol. The Balaban J connectivity index is 2.09. The molecule has 1 aliphatic rings. The van der Waals surface area contributed by atoms with Crippen LogP contribution in [0.5, 0.6) is 0 Å². The molecule has 0 N–H and O–H groups in total. The van der Waals surface area contributed by atoms with Gasteiger partial charge in [0.15, 0.2) is 0 Å². The topological polar surface area (TPSA) is 40.9 Å². The van der Waals surface area contributed by atoms with Gasteiger partial charge in [0.1, 0.15) is 11.7 Å². The van der Waals surface area contributed by atoms with Crippen molar-refractivity contribution in [1.82, 2.24) is 0 Å². The number of carbonyl (C=O) groups is 1. The van der Waals surface area contributed by atoms with Crippen molar-refractivity contribution >= 4 is 12.4 Å². The molecular formula is C16H13NO. The molecule has 1 atom stereocenters. The van der Waals surface area contributed by atoms with Crippen LogP contribution in [0.3, 0.4) is 0 Å². The fourth-order valence-corrected chi connectivity index (χ4v) is 1.74. The summed E-state index contributed by atoms with van der Waals surface area (Å²) in [6.07, 6.45) is 10.5. The lowest BCUT2D eigenvalue weighted by Gasteiger charge is -2.16. The van der Waals surface area contributed by atoms with E-state index in [0.29, 0.717) is 12.7 Å². The zero-order valence-electron chi connectivity index (χ0n) is 9.91. The van der Waals surface area contributed by atoms with Crippen LogP contribution in [-0.2, 0) is 4.79 Å².